The quantitative estimate of drug-likeness (QED) is 0.147. The highest BCUT2D eigenvalue weighted by molar-refractivity contribution is 7.18. The average molecular weight is 526 g/mol. The Balaban J connectivity index is 1.38. The monoisotopic (exact) mass is 525 g/mol. The van der Waals surface area contributed by atoms with Crippen molar-refractivity contribution in [1.29, 1.82) is 0 Å². The first-order valence-corrected chi connectivity index (χ1v) is 12.2. The van der Waals surface area contributed by atoms with E-state index >= 15 is 0 Å². The molecule has 0 radical (unpaired) electrons. The summed E-state index contributed by atoms with van der Waals surface area (Å²) in [6, 6.07) is 20.7. The second kappa shape index (κ2) is 11.8. The second-order valence-electron chi connectivity index (χ2n) is 8.00. The molecule has 0 aliphatic rings. The highest BCUT2D eigenvalue weighted by Gasteiger charge is 2.31. The third kappa shape index (κ3) is 7.23. The number of alkyl halides is 3. The molecule has 0 saturated heterocycles. The molecule has 1 amide bonds. The van der Waals surface area contributed by atoms with Crippen molar-refractivity contribution < 1.29 is 27.5 Å². The minimum absolute atomic E-state index is 0.0695. The highest BCUT2D eigenvalue weighted by atomic mass is 32.1. The van der Waals surface area contributed by atoms with Gasteiger partial charge in [0.2, 0.25) is 0 Å². The predicted molar refractivity (Wildman–Crippen MR) is 136 cm³/mol. The summed E-state index contributed by atoms with van der Waals surface area (Å²) in [5, 5.41) is 5.78. The van der Waals surface area contributed by atoms with Crippen molar-refractivity contribution in [3.05, 3.63) is 95.0 Å². The normalized spacial score (nSPS) is 11.6. The van der Waals surface area contributed by atoms with Crippen LogP contribution < -0.4 is 5.01 Å². The van der Waals surface area contributed by atoms with Crippen LogP contribution in [-0.4, -0.2) is 29.7 Å². The van der Waals surface area contributed by atoms with Crippen LogP contribution in [0.2, 0.25) is 0 Å². The van der Waals surface area contributed by atoms with Crippen LogP contribution in [0.1, 0.15) is 29.0 Å². The molecular weight excluding hydrogens is 503 g/mol. The van der Waals surface area contributed by atoms with Gasteiger partial charge in [0.1, 0.15) is 0 Å². The molecule has 0 bridgehead atoms. The Hall–Kier alpha value is -4.05. The number of ether oxygens (including phenoxy) is 1. The van der Waals surface area contributed by atoms with E-state index in [1.807, 2.05) is 24.3 Å². The number of halogens is 3. The third-order valence-electron chi connectivity index (χ3n) is 5.24. The van der Waals surface area contributed by atoms with Crippen LogP contribution in [0.3, 0.4) is 0 Å². The van der Waals surface area contributed by atoms with Crippen LogP contribution in [0.15, 0.2) is 84.0 Å². The number of benzene rings is 3. The molecule has 10 heteroatoms. The van der Waals surface area contributed by atoms with Crippen LogP contribution in [0, 0.1) is 0 Å². The Morgan fingerprint density at radius 2 is 1.76 bits per heavy atom. The Morgan fingerprint density at radius 3 is 2.51 bits per heavy atom. The number of hydrazone groups is 1. The van der Waals surface area contributed by atoms with Gasteiger partial charge in [0.15, 0.2) is 6.61 Å². The summed E-state index contributed by atoms with van der Waals surface area (Å²) in [5.74, 6) is -1.38. The van der Waals surface area contributed by atoms with Crippen molar-refractivity contribution in [2.24, 2.45) is 5.10 Å². The van der Waals surface area contributed by atoms with Crippen LogP contribution >= 0.6 is 11.3 Å². The van der Waals surface area contributed by atoms with Gasteiger partial charge in [-0.05, 0) is 48.7 Å². The van der Waals surface area contributed by atoms with Gasteiger partial charge in [0, 0.05) is 6.42 Å². The summed E-state index contributed by atoms with van der Waals surface area (Å²) < 4.78 is 45.8. The third-order valence-corrected chi connectivity index (χ3v) is 6.34. The fourth-order valence-electron chi connectivity index (χ4n) is 3.44. The van der Waals surface area contributed by atoms with Crippen molar-refractivity contribution in [2.75, 3.05) is 11.6 Å². The van der Waals surface area contributed by atoms with E-state index < -0.39 is 30.2 Å². The van der Waals surface area contributed by atoms with Crippen LogP contribution in [0.25, 0.3) is 10.2 Å². The maximum atomic E-state index is 13.2. The Bertz CT molecular complexity index is 1370. The Kier molecular flexibility index (Phi) is 8.29. The lowest BCUT2D eigenvalue weighted by Crippen LogP contribution is -2.31. The SMILES string of the molecule is O=C(CCCc1nc2ccccc2s1)OCC(=O)N(/N=C/c1ccccc1)c1cccc(C(F)(F)F)c1. The van der Waals surface area contributed by atoms with Crippen LogP contribution in [0.4, 0.5) is 18.9 Å². The van der Waals surface area contributed by atoms with E-state index in [1.54, 1.807) is 41.7 Å². The van der Waals surface area contributed by atoms with Crippen LogP contribution in [0.5, 0.6) is 0 Å². The molecule has 0 saturated carbocycles. The van der Waals surface area contributed by atoms with Gasteiger partial charge in [-0.2, -0.15) is 23.3 Å². The molecule has 37 heavy (non-hydrogen) atoms. The summed E-state index contributed by atoms with van der Waals surface area (Å²) in [5.41, 5.74) is 0.518. The summed E-state index contributed by atoms with van der Waals surface area (Å²) >= 11 is 1.56. The number of aromatic nitrogens is 1. The number of nitrogens with zero attached hydrogens (tertiary/aromatic N) is 3. The topological polar surface area (TPSA) is 71.9 Å². The molecule has 0 unspecified atom stereocenters. The zero-order valence-electron chi connectivity index (χ0n) is 19.5. The lowest BCUT2D eigenvalue weighted by atomic mass is 10.2. The van der Waals surface area contributed by atoms with Gasteiger partial charge in [-0.25, -0.2) is 4.98 Å². The van der Waals surface area contributed by atoms with Gasteiger partial charge in [0.25, 0.3) is 5.91 Å². The number of carbonyl (C=O) groups excluding carboxylic acids is 2. The van der Waals surface area contributed by atoms with E-state index in [9.17, 15) is 22.8 Å². The maximum absolute atomic E-state index is 13.2. The smallest absolute Gasteiger partial charge is 0.416 e. The molecule has 1 aromatic heterocycles. The number of carbonyl (C=O) groups is 2. The van der Waals surface area contributed by atoms with Crippen LogP contribution in [-0.2, 0) is 26.9 Å². The number of thiazole rings is 1. The molecule has 0 aliphatic heterocycles. The number of fused-ring (bicyclic) bond motifs is 1. The number of hydrogen-bond donors (Lipinski definition) is 0. The van der Waals surface area contributed by atoms with Crippen molar-refractivity contribution >= 4 is 45.3 Å². The summed E-state index contributed by atoms with van der Waals surface area (Å²) in [6.45, 7) is -0.664. The molecule has 0 spiro atoms. The van der Waals surface area contributed by atoms with E-state index in [0.29, 0.717) is 18.4 Å². The number of aryl methyl sites for hydroxylation is 1. The first kappa shape index (κ1) is 26.0. The van der Waals surface area contributed by atoms with E-state index in [0.717, 1.165) is 32.4 Å². The van der Waals surface area contributed by atoms with Crippen molar-refractivity contribution in [3.8, 4) is 0 Å². The second-order valence-corrected chi connectivity index (χ2v) is 9.11. The van der Waals surface area contributed by atoms with Crippen molar-refractivity contribution in [1.82, 2.24) is 4.98 Å². The fraction of sp³-hybridized carbons (Fsp3) is 0.185. The minimum atomic E-state index is -4.59. The summed E-state index contributed by atoms with van der Waals surface area (Å²) in [4.78, 5) is 29.6. The minimum Gasteiger partial charge on any atom is -0.455 e. The number of anilines is 1. The van der Waals surface area contributed by atoms with Crippen molar-refractivity contribution in [3.63, 3.8) is 0 Å². The van der Waals surface area contributed by atoms with Gasteiger partial charge < -0.3 is 4.74 Å². The predicted octanol–water partition coefficient (Wildman–Crippen LogP) is 6.25. The number of para-hydroxylation sites is 1. The van der Waals surface area contributed by atoms with Gasteiger partial charge in [-0.1, -0.05) is 48.5 Å². The molecular formula is C27H22F3N3O3S. The molecule has 0 fully saturated rings. The highest BCUT2D eigenvalue weighted by Crippen LogP contribution is 2.32. The Morgan fingerprint density at radius 1 is 1.00 bits per heavy atom. The lowest BCUT2D eigenvalue weighted by Gasteiger charge is -2.18. The molecule has 1 heterocycles. The first-order chi connectivity index (χ1) is 17.8. The van der Waals surface area contributed by atoms with Crippen molar-refractivity contribution in [2.45, 2.75) is 25.4 Å². The first-order valence-electron chi connectivity index (χ1n) is 11.4. The van der Waals surface area contributed by atoms with E-state index in [4.69, 9.17) is 4.74 Å². The standard InChI is InChI=1S/C27H22F3N3O3S/c28-27(29,30)20-10-6-11-21(16-20)33(31-17-19-8-2-1-3-9-19)25(34)18-36-26(35)15-7-14-24-32-22-12-4-5-13-23(22)37-24/h1-6,8-13,16-17H,7,14-15,18H2/b31-17+. The van der Waals surface area contributed by atoms with E-state index in [1.165, 1.54) is 18.3 Å². The number of esters is 1. The molecule has 3 aromatic carbocycles. The van der Waals surface area contributed by atoms with Gasteiger partial charge in [-0.3, -0.25) is 9.59 Å². The molecule has 0 N–H and O–H groups in total. The average Bonchev–Trinajstić information content (AvgIpc) is 3.31. The zero-order valence-corrected chi connectivity index (χ0v) is 20.3. The van der Waals surface area contributed by atoms with E-state index in [2.05, 4.69) is 10.1 Å². The molecule has 0 aliphatic carbocycles. The summed E-state index contributed by atoms with van der Waals surface area (Å²) in [7, 11) is 0. The molecule has 0 atom stereocenters. The number of rotatable bonds is 9. The fourth-order valence-corrected chi connectivity index (χ4v) is 4.45. The van der Waals surface area contributed by atoms with Gasteiger partial charge in [0.05, 0.1) is 32.7 Å². The summed E-state index contributed by atoms with van der Waals surface area (Å²) in [6.07, 6.45) is -2.11. The molecule has 4 rings (SSSR count). The van der Waals surface area contributed by atoms with Gasteiger partial charge >= 0.3 is 12.1 Å². The maximum Gasteiger partial charge on any atom is 0.416 e. The number of hydrogen-bond acceptors (Lipinski definition) is 6. The molecule has 190 valence electrons. The molecule has 6 nitrogen and oxygen atoms in total. The van der Waals surface area contributed by atoms with Gasteiger partial charge in [-0.15, -0.1) is 11.3 Å². The lowest BCUT2D eigenvalue weighted by molar-refractivity contribution is -0.147. The number of amides is 1. The zero-order chi connectivity index (χ0) is 26.3. The largest absolute Gasteiger partial charge is 0.455 e. The Labute approximate surface area is 215 Å². The molecule has 4 aromatic rings. The van der Waals surface area contributed by atoms with E-state index in [-0.39, 0.29) is 12.1 Å².